The van der Waals surface area contributed by atoms with Gasteiger partial charge in [0.1, 0.15) is 11.8 Å². The third-order valence-corrected chi connectivity index (χ3v) is 4.99. The van der Waals surface area contributed by atoms with Gasteiger partial charge in [-0.1, -0.05) is 12.1 Å². The number of alkyl halides is 3. The van der Waals surface area contributed by atoms with Crippen LogP contribution < -0.4 is 0 Å². The van der Waals surface area contributed by atoms with Crippen molar-refractivity contribution in [2.24, 2.45) is 0 Å². The molecule has 1 N–H and O–H groups in total. The van der Waals surface area contributed by atoms with Crippen LogP contribution in [-0.4, -0.2) is 61.6 Å². The normalized spacial score (nSPS) is 16.6. The minimum absolute atomic E-state index is 0. The lowest BCUT2D eigenvalue weighted by atomic mass is 9.79. The van der Waals surface area contributed by atoms with Crippen LogP contribution in [0.15, 0.2) is 46.8 Å². The highest BCUT2D eigenvalue weighted by atomic mass is 35.5. The molecule has 1 aliphatic heterocycles. The molecule has 1 atom stereocenters. The number of carbonyl (C=O) groups is 2. The second-order valence-electron chi connectivity index (χ2n) is 7.20. The van der Waals surface area contributed by atoms with Crippen LogP contribution in [0.5, 0.6) is 0 Å². The summed E-state index contributed by atoms with van der Waals surface area (Å²) in [4.78, 5) is 28.0. The van der Waals surface area contributed by atoms with Crippen molar-refractivity contribution in [3.63, 3.8) is 0 Å². The van der Waals surface area contributed by atoms with Crippen molar-refractivity contribution in [2.75, 3.05) is 34.8 Å². The van der Waals surface area contributed by atoms with Gasteiger partial charge in [-0.2, -0.15) is 18.4 Å². The highest BCUT2D eigenvalue weighted by Crippen LogP contribution is 2.43. The molecule has 0 fully saturated rings. The van der Waals surface area contributed by atoms with Crippen molar-refractivity contribution in [1.82, 2.24) is 9.80 Å². The summed E-state index contributed by atoms with van der Waals surface area (Å²) < 4.78 is 43.8. The first-order valence-electron chi connectivity index (χ1n) is 9.18. The number of esters is 1. The van der Waals surface area contributed by atoms with Crippen LogP contribution in [0.3, 0.4) is 0 Å². The maximum absolute atomic E-state index is 13.0. The van der Waals surface area contributed by atoms with Gasteiger partial charge in [0.15, 0.2) is 0 Å². The lowest BCUT2D eigenvalue weighted by Gasteiger charge is -2.35. The van der Waals surface area contributed by atoms with Crippen LogP contribution >= 0.6 is 12.4 Å². The second kappa shape index (κ2) is 10.5. The molecule has 32 heavy (non-hydrogen) atoms. The monoisotopic (exact) mass is 473 g/mol. The number of methoxy groups -OCH3 is 1. The van der Waals surface area contributed by atoms with Crippen molar-refractivity contribution in [1.29, 1.82) is 5.26 Å². The maximum Gasteiger partial charge on any atom is 0.416 e. The van der Waals surface area contributed by atoms with Gasteiger partial charge in [0, 0.05) is 25.7 Å². The van der Waals surface area contributed by atoms with Gasteiger partial charge in [-0.25, -0.2) is 9.59 Å². The number of benzene rings is 1. The average molecular weight is 474 g/mol. The Morgan fingerprint density at radius 3 is 2.19 bits per heavy atom. The first-order chi connectivity index (χ1) is 14.4. The van der Waals surface area contributed by atoms with Crippen LogP contribution in [0.1, 0.15) is 23.5 Å². The summed E-state index contributed by atoms with van der Waals surface area (Å²) in [6.45, 7) is 0.447. The Morgan fingerprint density at radius 2 is 1.78 bits per heavy atom. The topological polar surface area (TPSA) is 93.9 Å². The highest BCUT2D eigenvalue weighted by Gasteiger charge is 2.41. The van der Waals surface area contributed by atoms with Crippen molar-refractivity contribution >= 4 is 24.3 Å². The molecule has 1 unspecified atom stereocenters. The highest BCUT2D eigenvalue weighted by molar-refractivity contribution is 5.99. The first kappa shape index (κ1) is 27.0. The molecule has 0 aliphatic carbocycles. The summed E-state index contributed by atoms with van der Waals surface area (Å²) in [6, 6.07) is 5.77. The molecule has 0 radical (unpaired) electrons. The number of nitriles is 1. The fourth-order valence-electron chi connectivity index (χ4n) is 3.48. The summed E-state index contributed by atoms with van der Waals surface area (Å²) >= 11 is 0. The molecule has 1 aromatic carbocycles. The Bertz CT molecular complexity index is 979. The molecular weight excluding hydrogens is 451 g/mol. The van der Waals surface area contributed by atoms with E-state index in [1.807, 2.05) is 11.0 Å². The van der Waals surface area contributed by atoms with E-state index >= 15 is 0 Å². The molecule has 0 saturated heterocycles. The summed E-state index contributed by atoms with van der Waals surface area (Å²) in [5, 5.41) is 19.7. The van der Waals surface area contributed by atoms with E-state index in [0.29, 0.717) is 6.54 Å². The van der Waals surface area contributed by atoms with Crippen LogP contribution in [-0.2, 0) is 20.5 Å². The Hall–Kier alpha value is -3.03. The van der Waals surface area contributed by atoms with Gasteiger partial charge in [0.2, 0.25) is 0 Å². The molecule has 0 saturated carbocycles. The fourth-order valence-corrected chi connectivity index (χ4v) is 3.48. The number of ether oxygens (including phenoxy) is 1. The number of rotatable bonds is 6. The molecule has 7 nitrogen and oxygen atoms in total. The Kier molecular flexibility index (Phi) is 8.88. The third-order valence-electron chi connectivity index (χ3n) is 4.99. The first-order valence-corrected chi connectivity index (χ1v) is 9.18. The zero-order chi connectivity index (χ0) is 23.5. The average Bonchev–Trinajstić information content (AvgIpc) is 2.70. The second-order valence-corrected chi connectivity index (χ2v) is 7.20. The van der Waals surface area contributed by atoms with E-state index < -0.39 is 29.6 Å². The predicted molar refractivity (Wildman–Crippen MR) is 112 cm³/mol. The van der Waals surface area contributed by atoms with Gasteiger partial charge < -0.3 is 19.6 Å². The largest absolute Gasteiger partial charge is 0.478 e. The van der Waals surface area contributed by atoms with E-state index in [4.69, 9.17) is 4.74 Å². The van der Waals surface area contributed by atoms with Gasteiger partial charge in [0.25, 0.3) is 0 Å². The predicted octanol–water partition coefficient (Wildman–Crippen LogP) is 3.40. The molecule has 0 aromatic heterocycles. The standard InChI is InChI=1S/C21H22F3N3O4.ClH/c1-26(2)10-9-14-17(19(28)29)16(12-5-7-13(8-6-12)21(22,23)24)18(20(30)31-4)15(11-25)27(14)3;/h5-8,16H,9-10H2,1-4H3,(H,28,29);1H. The zero-order valence-electron chi connectivity index (χ0n) is 17.9. The van der Waals surface area contributed by atoms with Crippen LogP contribution in [0.4, 0.5) is 13.2 Å². The lowest BCUT2D eigenvalue weighted by molar-refractivity contribution is -0.138. The number of hydrogen-bond acceptors (Lipinski definition) is 6. The summed E-state index contributed by atoms with van der Waals surface area (Å²) in [7, 11) is 6.13. The number of allylic oxidation sites excluding steroid dienone is 1. The molecule has 1 aromatic rings. The van der Waals surface area contributed by atoms with Gasteiger partial charge in [-0.3, -0.25) is 0 Å². The van der Waals surface area contributed by atoms with Crippen molar-refractivity contribution < 1.29 is 32.6 Å². The van der Waals surface area contributed by atoms with Crippen LogP contribution in [0, 0.1) is 11.3 Å². The van der Waals surface area contributed by atoms with Crippen molar-refractivity contribution in [3.8, 4) is 6.07 Å². The molecule has 1 aliphatic rings. The minimum atomic E-state index is -4.58. The van der Waals surface area contributed by atoms with E-state index in [0.717, 1.165) is 31.4 Å². The quantitative estimate of drug-likeness (QED) is 0.633. The van der Waals surface area contributed by atoms with E-state index in [2.05, 4.69) is 0 Å². The Balaban J connectivity index is 0.00000512. The number of hydrogen-bond donors (Lipinski definition) is 1. The number of nitrogens with zero attached hydrogens (tertiary/aromatic N) is 3. The van der Waals surface area contributed by atoms with E-state index in [-0.39, 0.29) is 46.9 Å². The van der Waals surface area contributed by atoms with E-state index in [1.165, 1.54) is 11.9 Å². The smallest absolute Gasteiger partial charge is 0.416 e. The third kappa shape index (κ3) is 5.41. The lowest BCUT2D eigenvalue weighted by Crippen LogP contribution is -2.35. The fraction of sp³-hybridized carbons (Fsp3) is 0.381. The van der Waals surface area contributed by atoms with Crippen LogP contribution in [0.2, 0.25) is 0 Å². The zero-order valence-corrected chi connectivity index (χ0v) is 18.7. The van der Waals surface area contributed by atoms with Gasteiger partial charge in [-0.15, -0.1) is 12.4 Å². The minimum Gasteiger partial charge on any atom is -0.478 e. The van der Waals surface area contributed by atoms with Crippen LogP contribution in [0.25, 0.3) is 0 Å². The summed E-state index contributed by atoms with van der Waals surface area (Å²) in [5.74, 6) is -3.54. The van der Waals surface area contributed by atoms with Crippen molar-refractivity contribution in [2.45, 2.75) is 18.5 Å². The maximum atomic E-state index is 13.0. The van der Waals surface area contributed by atoms with E-state index in [9.17, 15) is 33.1 Å². The molecule has 2 rings (SSSR count). The molecule has 0 bridgehead atoms. The SMILES string of the molecule is COC(=O)C1=C(C#N)N(C)C(CCN(C)C)=C(C(=O)O)C1c1ccc(C(F)(F)F)cc1.Cl. The number of aliphatic carboxylic acids is 1. The molecule has 11 heteroatoms. The number of carboxylic acid groups (broad SMARTS) is 1. The number of carboxylic acids is 1. The van der Waals surface area contributed by atoms with Crippen molar-refractivity contribution in [3.05, 3.63) is 57.9 Å². The Labute approximate surface area is 189 Å². The molecule has 174 valence electrons. The molecule has 0 amide bonds. The number of carbonyl (C=O) groups excluding carboxylic acids is 1. The molecule has 1 heterocycles. The summed E-state index contributed by atoms with van der Waals surface area (Å²) in [6.07, 6.45) is -4.34. The van der Waals surface area contributed by atoms with Gasteiger partial charge in [-0.05, 0) is 31.8 Å². The number of halogens is 4. The molecule has 0 spiro atoms. The Morgan fingerprint density at radius 1 is 1.22 bits per heavy atom. The molecular formula is C21H23ClF3N3O4. The van der Waals surface area contributed by atoms with Gasteiger partial charge in [0.05, 0.1) is 29.7 Å². The van der Waals surface area contributed by atoms with E-state index in [1.54, 1.807) is 14.1 Å². The summed E-state index contributed by atoms with van der Waals surface area (Å²) in [5.41, 5.74) is -1.04. The van der Waals surface area contributed by atoms with Gasteiger partial charge >= 0.3 is 18.1 Å².